The van der Waals surface area contributed by atoms with E-state index in [0.717, 1.165) is 10.4 Å². The van der Waals surface area contributed by atoms with Gasteiger partial charge in [0.05, 0.1) is 36.9 Å². The van der Waals surface area contributed by atoms with Gasteiger partial charge in [-0.2, -0.15) is 0 Å². The van der Waals surface area contributed by atoms with Crippen LogP contribution in [0.2, 0.25) is 0 Å². The molecule has 0 saturated carbocycles. The van der Waals surface area contributed by atoms with Gasteiger partial charge in [0.15, 0.2) is 11.6 Å². The number of anilines is 1. The molecule has 8 heteroatoms. The molecule has 0 radical (unpaired) electrons. The minimum absolute atomic E-state index is 0.0620. The first kappa shape index (κ1) is 20.4. The van der Waals surface area contributed by atoms with E-state index in [2.05, 4.69) is 6.58 Å². The van der Waals surface area contributed by atoms with Crippen LogP contribution in [0.1, 0.15) is 15.9 Å². The van der Waals surface area contributed by atoms with E-state index in [1.165, 1.54) is 38.5 Å². The summed E-state index contributed by atoms with van der Waals surface area (Å²) in [6.45, 7) is 5.13. The molecule has 0 bridgehead atoms. The third-order valence-electron chi connectivity index (χ3n) is 3.99. The summed E-state index contributed by atoms with van der Waals surface area (Å²) < 4.78 is 50.9. The van der Waals surface area contributed by atoms with Gasteiger partial charge in [-0.1, -0.05) is 12.1 Å². The Bertz CT molecular complexity index is 972. The van der Waals surface area contributed by atoms with Crippen LogP contribution in [0.15, 0.2) is 53.9 Å². The van der Waals surface area contributed by atoms with E-state index in [-0.39, 0.29) is 28.4 Å². The number of carbonyl (C=O) groups excluding carboxylic acids is 1. The zero-order chi connectivity index (χ0) is 20.2. The number of halogens is 1. The van der Waals surface area contributed by atoms with Crippen LogP contribution in [0.25, 0.3) is 0 Å². The van der Waals surface area contributed by atoms with Gasteiger partial charge in [0.2, 0.25) is 0 Å². The third-order valence-corrected chi connectivity index (χ3v) is 5.76. The normalized spacial score (nSPS) is 11.0. The number of methoxy groups -OCH3 is 2. The maximum absolute atomic E-state index is 14.0. The molecule has 2 aromatic carbocycles. The summed E-state index contributed by atoms with van der Waals surface area (Å²) in [5.41, 5.74) is 0.929. The number of esters is 1. The largest absolute Gasteiger partial charge is 0.494 e. The smallest absolute Gasteiger partial charge is 0.338 e. The Morgan fingerprint density at radius 3 is 2.52 bits per heavy atom. The van der Waals surface area contributed by atoms with Crippen LogP contribution in [0.3, 0.4) is 0 Å². The molecule has 2 aromatic rings. The lowest BCUT2D eigenvalue weighted by Gasteiger charge is -2.25. The molecule has 144 valence electrons. The third kappa shape index (κ3) is 3.95. The topological polar surface area (TPSA) is 72.9 Å². The van der Waals surface area contributed by atoms with Crippen molar-refractivity contribution >= 4 is 21.7 Å². The first-order valence-corrected chi connectivity index (χ1v) is 9.37. The molecule has 0 aliphatic carbocycles. The minimum Gasteiger partial charge on any atom is -0.494 e. The van der Waals surface area contributed by atoms with E-state index < -0.39 is 21.8 Å². The first-order valence-electron chi connectivity index (χ1n) is 7.93. The Balaban J connectivity index is 2.62. The zero-order valence-corrected chi connectivity index (χ0v) is 16.0. The van der Waals surface area contributed by atoms with Crippen molar-refractivity contribution in [2.75, 3.05) is 25.1 Å². The van der Waals surface area contributed by atoms with E-state index in [1.54, 1.807) is 19.1 Å². The van der Waals surface area contributed by atoms with E-state index >= 15 is 0 Å². The lowest BCUT2D eigenvalue weighted by Crippen LogP contribution is -2.32. The highest BCUT2D eigenvalue weighted by molar-refractivity contribution is 7.92. The molecule has 0 aliphatic heterocycles. The lowest BCUT2D eigenvalue weighted by molar-refractivity contribution is 0.0600. The van der Waals surface area contributed by atoms with Crippen molar-refractivity contribution in [3.05, 3.63) is 66.0 Å². The van der Waals surface area contributed by atoms with Crippen molar-refractivity contribution < 1.29 is 27.1 Å². The molecular weight excluding hydrogens is 373 g/mol. The van der Waals surface area contributed by atoms with Gasteiger partial charge in [-0.3, -0.25) is 4.31 Å². The molecule has 0 N–H and O–H groups in total. The average Bonchev–Trinajstić information content (AvgIpc) is 2.65. The molecule has 0 saturated heterocycles. The maximum atomic E-state index is 14.0. The van der Waals surface area contributed by atoms with Crippen molar-refractivity contribution in [2.24, 2.45) is 0 Å². The molecule has 2 rings (SSSR count). The van der Waals surface area contributed by atoms with Gasteiger partial charge in [-0.25, -0.2) is 17.6 Å². The quantitative estimate of drug-likeness (QED) is 0.533. The Hall–Kier alpha value is -2.87. The summed E-state index contributed by atoms with van der Waals surface area (Å²) in [6.07, 6.45) is 1.40. The number of benzene rings is 2. The number of sulfonamides is 1. The highest BCUT2D eigenvalue weighted by atomic mass is 32.2. The summed E-state index contributed by atoms with van der Waals surface area (Å²) >= 11 is 0. The molecule has 27 heavy (non-hydrogen) atoms. The summed E-state index contributed by atoms with van der Waals surface area (Å²) in [5, 5.41) is 0. The zero-order valence-electron chi connectivity index (χ0n) is 15.2. The monoisotopic (exact) mass is 393 g/mol. The van der Waals surface area contributed by atoms with Crippen molar-refractivity contribution in [3.8, 4) is 5.75 Å². The predicted molar refractivity (Wildman–Crippen MR) is 100 cm³/mol. The Kier molecular flexibility index (Phi) is 6.22. The van der Waals surface area contributed by atoms with Crippen LogP contribution in [0.4, 0.5) is 10.1 Å². The molecule has 0 spiro atoms. The number of rotatable bonds is 7. The Morgan fingerprint density at radius 1 is 1.26 bits per heavy atom. The van der Waals surface area contributed by atoms with Gasteiger partial charge < -0.3 is 9.47 Å². The molecule has 0 heterocycles. The highest BCUT2D eigenvalue weighted by Gasteiger charge is 2.27. The van der Waals surface area contributed by atoms with Crippen LogP contribution in [0, 0.1) is 12.7 Å². The van der Waals surface area contributed by atoms with Crippen LogP contribution in [-0.2, 0) is 14.8 Å². The molecular formula is C19H20FNO5S. The fourth-order valence-corrected chi connectivity index (χ4v) is 4.11. The number of hydrogen-bond acceptors (Lipinski definition) is 5. The standard InChI is InChI=1S/C19H20FNO5S/c1-5-11-21(17-8-6-7-15(13(17)2)19(22)26-4)27(23,24)14-9-10-18(25-3)16(20)12-14/h5-10,12H,1,11H2,2-4H3. The molecule has 0 aliphatic rings. The van der Waals surface area contributed by atoms with Crippen LogP contribution in [0.5, 0.6) is 5.75 Å². The van der Waals surface area contributed by atoms with E-state index in [0.29, 0.717) is 5.56 Å². The van der Waals surface area contributed by atoms with Gasteiger partial charge in [0.1, 0.15) is 0 Å². The van der Waals surface area contributed by atoms with Gasteiger partial charge in [0, 0.05) is 0 Å². The fraction of sp³-hybridized carbons (Fsp3) is 0.211. The van der Waals surface area contributed by atoms with Crippen LogP contribution in [-0.4, -0.2) is 35.2 Å². The predicted octanol–water partition coefficient (Wildman–Crippen LogP) is 3.31. The van der Waals surface area contributed by atoms with Crippen LogP contribution >= 0.6 is 0 Å². The van der Waals surface area contributed by atoms with Crippen molar-refractivity contribution in [1.82, 2.24) is 0 Å². The molecule has 0 fully saturated rings. The Morgan fingerprint density at radius 2 is 1.96 bits per heavy atom. The van der Waals surface area contributed by atoms with Crippen molar-refractivity contribution in [3.63, 3.8) is 0 Å². The maximum Gasteiger partial charge on any atom is 0.338 e. The lowest BCUT2D eigenvalue weighted by atomic mass is 10.1. The molecule has 6 nitrogen and oxygen atoms in total. The second kappa shape index (κ2) is 8.22. The van der Waals surface area contributed by atoms with Gasteiger partial charge in [-0.05, 0) is 42.8 Å². The summed E-state index contributed by atoms with van der Waals surface area (Å²) in [6, 6.07) is 8.04. The minimum atomic E-state index is -4.12. The summed E-state index contributed by atoms with van der Waals surface area (Å²) in [4.78, 5) is 11.7. The molecule has 0 aromatic heterocycles. The number of hydrogen-bond donors (Lipinski definition) is 0. The van der Waals surface area contributed by atoms with Crippen LogP contribution < -0.4 is 9.04 Å². The molecule has 0 unspecified atom stereocenters. The van der Waals surface area contributed by atoms with E-state index in [1.807, 2.05) is 0 Å². The van der Waals surface area contributed by atoms with Gasteiger partial charge >= 0.3 is 5.97 Å². The van der Waals surface area contributed by atoms with E-state index in [4.69, 9.17) is 9.47 Å². The molecule has 0 amide bonds. The SMILES string of the molecule is C=CCN(c1cccc(C(=O)OC)c1C)S(=O)(=O)c1ccc(OC)c(F)c1. The highest BCUT2D eigenvalue weighted by Crippen LogP contribution is 2.30. The Labute approximate surface area is 157 Å². The van der Waals surface area contributed by atoms with Gasteiger partial charge in [0.25, 0.3) is 10.0 Å². The second-order valence-electron chi connectivity index (χ2n) is 5.56. The average molecular weight is 393 g/mol. The number of carbonyl (C=O) groups is 1. The van der Waals surface area contributed by atoms with Gasteiger partial charge in [-0.15, -0.1) is 6.58 Å². The summed E-state index contributed by atoms with van der Waals surface area (Å²) in [5.74, 6) is -1.44. The van der Waals surface area contributed by atoms with E-state index in [9.17, 15) is 17.6 Å². The number of nitrogens with zero attached hydrogens (tertiary/aromatic N) is 1. The fourth-order valence-electron chi connectivity index (χ4n) is 2.60. The molecule has 0 atom stereocenters. The van der Waals surface area contributed by atoms with Crippen molar-refractivity contribution in [2.45, 2.75) is 11.8 Å². The number of ether oxygens (including phenoxy) is 2. The second-order valence-corrected chi connectivity index (χ2v) is 7.42. The van der Waals surface area contributed by atoms with Crippen molar-refractivity contribution in [1.29, 1.82) is 0 Å². The first-order chi connectivity index (χ1) is 12.8. The summed E-state index contributed by atoms with van der Waals surface area (Å²) in [7, 11) is -1.59.